The lowest BCUT2D eigenvalue weighted by atomic mass is 10.2. The third-order valence-corrected chi connectivity index (χ3v) is 2.08. The van der Waals surface area contributed by atoms with Crippen molar-refractivity contribution >= 4 is 5.91 Å². The molecule has 1 N–H and O–H groups in total. The average molecular weight is 240 g/mol. The molecule has 17 heavy (non-hydrogen) atoms. The molecule has 0 aliphatic heterocycles. The molecule has 0 saturated carbocycles. The van der Waals surface area contributed by atoms with Gasteiger partial charge in [-0.25, -0.2) is 4.98 Å². The summed E-state index contributed by atoms with van der Waals surface area (Å²) in [5, 5.41) is 2.71. The predicted molar refractivity (Wildman–Crippen MR) is 62.1 cm³/mol. The van der Waals surface area contributed by atoms with E-state index < -0.39 is 12.1 Å². The zero-order chi connectivity index (χ0) is 12.8. The van der Waals surface area contributed by atoms with Crippen LogP contribution in [0, 0.1) is 11.9 Å². The van der Waals surface area contributed by atoms with Gasteiger partial charge in [-0.15, -0.1) is 0 Å². The maximum Gasteiger partial charge on any atom is 0.260 e. The van der Waals surface area contributed by atoms with Gasteiger partial charge in [0.1, 0.15) is 0 Å². The summed E-state index contributed by atoms with van der Waals surface area (Å²) in [6.07, 6.45) is 0.582. The molecule has 0 radical (unpaired) electrons. The lowest BCUT2D eigenvalue weighted by molar-refractivity contribution is -0.127. The van der Waals surface area contributed by atoms with E-state index in [1.165, 1.54) is 12.3 Å². The summed E-state index contributed by atoms with van der Waals surface area (Å²) in [4.78, 5) is 15.0. The first kappa shape index (κ1) is 13.4. The zero-order valence-electron chi connectivity index (χ0n) is 10.2. The number of nitrogens with one attached hydrogen (secondary N) is 1. The smallest absolute Gasteiger partial charge is 0.260 e. The zero-order valence-corrected chi connectivity index (χ0v) is 10.2. The van der Waals surface area contributed by atoms with Gasteiger partial charge in [-0.2, -0.15) is 4.39 Å². The highest BCUT2D eigenvalue weighted by Gasteiger charge is 2.16. The molecule has 4 nitrogen and oxygen atoms in total. The van der Waals surface area contributed by atoms with E-state index >= 15 is 0 Å². The molecule has 1 rings (SSSR count). The minimum atomic E-state index is -0.743. The maximum atomic E-state index is 13.2. The third-order valence-electron chi connectivity index (χ3n) is 2.08. The Labute approximate surface area is 100 Å². The molecule has 5 heteroatoms. The summed E-state index contributed by atoms with van der Waals surface area (Å²) in [6.45, 7) is 6.13. The highest BCUT2D eigenvalue weighted by atomic mass is 19.1. The van der Waals surface area contributed by atoms with Gasteiger partial charge >= 0.3 is 0 Å². The van der Waals surface area contributed by atoms with Crippen molar-refractivity contribution in [3.63, 3.8) is 0 Å². The molecule has 1 amide bonds. The van der Waals surface area contributed by atoms with Crippen LogP contribution in [0.15, 0.2) is 18.3 Å². The predicted octanol–water partition coefficient (Wildman–Crippen LogP) is 1.76. The molecule has 94 valence electrons. The van der Waals surface area contributed by atoms with Gasteiger partial charge in [0.25, 0.3) is 11.9 Å². The molecule has 0 aromatic carbocycles. The number of pyridine rings is 1. The SMILES string of the molecule is CC(C)CNC(=O)C(C)Oc1cccnc1F. The van der Waals surface area contributed by atoms with E-state index in [0.717, 1.165) is 0 Å². The number of hydrogen-bond acceptors (Lipinski definition) is 3. The number of amides is 1. The van der Waals surface area contributed by atoms with Crippen LogP contribution in [-0.2, 0) is 4.79 Å². The molecule has 1 aromatic heterocycles. The first-order chi connectivity index (χ1) is 8.00. The molecule has 1 aromatic rings. The Hall–Kier alpha value is -1.65. The van der Waals surface area contributed by atoms with E-state index in [1.807, 2.05) is 13.8 Å². The van der Waals surface area contributed by atoms with E-state index in [-0.39, 0.29) is 11.7 Å². The van der Waals surface area contributed by atoms with Crippen LogP contribution < -0.4 is 10.1 Å². The third kappa shape index (κ3) is 4.38. The van der Waals surface area contributed by atoms with Crippen LogP contribution in [0.25, 0.3) is 0 Å². The minimum absolute atomic E-state index is 0.0142. The highest BCUT2D eigenvalue weighted by Crippen LogP contribution is 2.14. The molecule has 1 atom stereocenters. The van der Waals surface area contributed by atoms with Crippen LogP contribution in [0.5, 0.6) is 5.75 Å². The normalized spacial score (nSPS) is 12.3. The Morgan fingerprint density at radius 2 is 2.24 bits per heavy atom. The number of nitrogens with zero attached hydrogens (tertiary/aromatic N) is 1. The molecule has 0 bridgehead atoms. The van der Waals surface area contributed by atoms with Gasteiger partial charge in [0, 0.05) is 12.7 Å². The molecular formula is C12H17FN2O2. The summed E-state index contributed by atoms with van der Waals surface area (Å²) in [7, 11) is 0. The molecule has 0 aliphatic carbocycles. The van der Waals surface area contributed by atoms with Gasteiger partial charge in [-0.1, -0.05) is 13.8 Å². The summed E-state index contributed by atoms with van der Waals surface area (Å²) in [5.41, 5.74) is 0. The summed E-state index contributed by atoms with van der Waals surface area (Å²) in [6, 6.07) is 2.99. The Kier molecular flexibility index (Phi) is 4.87. The fraction of sp³-hybridized carbons (Fsp3) is 0.500. The molecule has 1 unspecified atom stereocenters. The maximum absolute atomic E-state index is 13.2. The van der Waals surface area contributed by atoms with Gasteiger partial charge < -0.3 is 10.1 Å². The molecule has 0 spiro atoms. The van der Waals surface area contributed by atoms with Crippen LogP contribution in [0.3, 0.4) is 0 Å². The Balaban J connectivity index is 2.51. The van der Waals surface area contributed by atoms with Gasteiger partial charge in [0.2, 0.25) is 0 Å². The second-order valence-corrected chi connectivity index (χ2v) is 4.19. The largest absolute Gasteiger partial charge is 0.476 e. The fourth-order valence-corrected chi connectivity index (χ4v) is 1.15. The number of halogens is 1. The van der Waals surface area contributed by atoms with Crippen LogP contribution >= 0.6 is 0 Å². The summed E-state index contributed by atoms with van der Waals surface area (Å²) >= 11 is 0. The first-order valence-electron chi connectivity index (χ1n) is 5.55. The number of rotatable bonds is 5. The van der Waals surface area contributed by atoms with E-state index in [9.17, 15) is 9.18 Å². The average Bonchev–Trinajstić information content (AvgIpc) is 2.28. The Bertz CT molecular complexity index is 383. The van der Waals surface area contributed by atoms with Gasteiger partial charge in [0.15, 0.2) is 11.9 Å². The van der Waals surface area contributed by atoms with Gasteiger partial charge in [0.05, 0.1) is 0 Å². The van der Waals surface area contributed by atoms with Crippen LogP contribution in [0.2, 0.25) is 0 Å². The lowest BCUT2D eigenvalue weighted by Crippen LogP contribution is -2.38. The van der Waals surface area contributed by atoms with Gasteiger partial charge in [-0.05, 0) is 25.0 Å². The van der Waals surface area contributed by atoms with Crippen molar-refractivity contribution in [2.24, 2.45) is 5.92 Å². The second-order valence-electron chi connectivity index (χ2n) is 4.19. The summed E-state index contributed by atoms with van der Waals surface area (Å²) < 4.78 is 18.3. The number of carbonyl (C=O) groups excluding carboxylic acids is 1. The van der Waals surface area contributed by atoms with E-state index in [1.54, 1.807) is 13.0 Å². The van der Waals surface area contributed by atoms with E-state index in [0.29, 0.717) is 12.5 Å². The number of ether oxygens (including phenoxy) is 1. The Morgan fingerprint density at radius 1 is 1.53 bits per heavy atom. The van der Waals surface area contributed by atoms with Gasteiger partial charge in [-0.3, -0.25) is 4.79 Å². The van der Waals surface area contributed by atoms with Crippen molar-refractivity contribution in [1.29, 1.82) is 0 Å². The number of hydrogen-bond donors (Lipinski definition) is 1. The first-order valence-corrected chi connectivity index (χ1v) is 5.55. The van der Waals surface area contributed by atoms with E-state index in [4.69, 9.17) is 4.74 Å². The second kappa shape index (κ2) is 6.18. The standard InChI is InChI=1S/C12H17FN2O2/c1-8(2)7-15-12(16)9(3)17-10-5-4-6-14-11(10)13/h4-6,8-9H,7H2,1-3H3,(H,15,16). The fourth-order valence-electron chi connectivity index (χ4n) is 1.15. The molecular weight excluding hydrogens is 223 g/mol. The van der Waals surface area contributed by atoms with Crippen LogP contribution in [0.4, 0.5) is 4.39 Å². The summed E-state index contributed by atoms with van der Waals surface area (Å²) in [5.74, 6) is -0.626. The van der Waals surface area contributed by atoms with E-state index in [2.05, 4.69) is 10.3 Å². The van der Waals surface area contributed by atoms with Crippen LogP contribution in [0.1, 0.15) is 20.8 Å². The van der Waals surface area contributed by atoms with Crippen molar-refractivity contribution in [3.8, 4) is 5.75 Å². The number of carbonyl (C=O) groups is 1. The molecule has 0 aliphatic rings. The molecule has 0 saturated heterocycles. The lowest BCUT2D eigenvalue weighted by Gasteiger charge is -2.15. The number of aromatic nitrogens is 1. The van der Waals surface area contributed by atoms with Crippen molar-refractivity contribution in [1.82, 2.24) is 10.3 Å². The quantitative estimate of drug-likeness (QED) is 0.798. The highest BCUT2D eigenvalue weighted by molar-refractivity contribution is 5.80. The monoisotopic (exact) mass is 240 g/mol. The minimum Gasteiger partial charge on any atom is -0.476 e. The molecule has 0 fully saturated rings. The van der Waals surface area contributed by atoms with Crippen molar-refractivity contribution in [2.75, 3.05) is 6.54 Å². The Morgan fingerprint density at radius 3 is 2.82 bits per heavy atom. The topological polar surface area (TPSA) is 51.2 Å². The van der Waals surface area contributed by atoms with Crippen LogP contribution in [-0.4, -0.2) is 23.5 Å². The molecule has 1 heterocycles. The van der Waals surface area contributed by atoms with Crippen molar-refractivity contribution < 1.29 is 13.9 Å². The van der Waals surface area contributed by atoms with Crippen molar-refractivity contribution in [2.45, 2.75) is 26.9 Å². The van der Waals surface area contributed by atoms with Crippen molar-refractivity contribution in [3.05, 3.63) is 24.3 Å².